The fourth-order valence-electron chi connectivity index (χ4n) is 3.52. The van der Waals surface area contributed by atoms with Crippen molar-refractivity contribution >= 4 is 11.8 Å². The lowest BCUT2D eigenvalue weighted by Crippen LogP contribution is -2.47. The van der Waals surface area contributed by atoms with Crippen molar-refractivity contribution in [3.8, 4) is 0 Å². The van der Waals surface area contributed by atoms with Gasteiger partial charge >= 0.3 is 0 Å². The van der Waals surface area contributed by atoms with Gasteiger partial charge in [0.15, 0.2) is 11.4 Å². The van der Waals surface area contributed by atoms with Crippen LogP contribution in [0.1, 0.15) is 27.9 Å². The number of carbonyl (C=O) groups is 2. The summed E-state index contributed by atoms with van der Waals surface area (Å²) in [5, 5.41) is 7.36. The first-order valence-electron chi connectivity index (χ1n) is 8.03. The number of nitrogens with zero attached hydrogens (tertiary/aromatic N) is 4. The second-order valence-electron chi connectivity index (χ2n) is 6.74. The molecule has 2 aliphatic heterocycles. The van der Waals surface area contributed by atoms with Crippen LogP contribution in [0.25, 0.3) is 0 Å². The van der Waals surface area contributed by atoms with E-state index in [-0.39, 0.29) is 18.2 Å². The molecule has 2 aliphatic rings. The highest BCUT2D eigenvalue weighted by molar-refractivity contribution is 5.96. The van der Waals surface area contributed by atoms with E-state index in [0.717, 1.165) is 9.80 Å². The van der Waals surface area contributed by atoms with E-state index in [2.05, 4.69) is 10.2 Å². The Morgan fingerprint density at radius 2 is 2.04 bits per heavy atom. The molecule has 0 radical (unpaired) electrons. The Morgan fingerprint density at radius 3 is 2.62 bits per heavy atom. The van der Waals surface area contributed by atoms with Crippen LogP contribution in [0.3, 0.4) is 0 Å². The number of furan rings is 1. The molecule has 2 saturated heterocycles. The lowest BCUT2D eigenvalue weighted by Gasteiger charge is -2.21. The van der Waals surface area contributed by atoms with E-state index in [0.29, 0.717) is 11.5 Å². The van der Waals surface area contributed by atoms with Crippen LogP contribution >= 0.6 is 0 Å². The van der Waals surface area contributed by atoms with Gasteiger partial charge in [0.1, 0.15) is 0 Å². The number of carbonyl (C=O) groups excluding carboxylic acids is 2. The molecule has 138 valence electrons. The van der Waals surface area contributed by atoms with Gasteiger partial charge in [-0.15, -0.1) is 10.2 Å². The van der Waals surface area contributed by atoms with E-state index in [1.165, 1.54) is 6.26 Å². The summed E-state index contributed by atoms with van der Waals surface area (Å²) in [6.07, 6.45) is 1.33. The average molecular weight is 366 g/mol. The number of hydrogen-bond acceptors (Lipinski definition) is 6. The van der Waals surface area contributed by atoms with E-state index >= 15 is 8.78 Å². The lowest BCUT2D eigenvalue weighted by atomic mass is 9.93. The maximum atomic E-state index is 15.3. The van der Waals surface area contributed by atoms with E-state index < -0.39 is 42.8 Å². The molecular weight excluding hydrogens is 350 g/mol. The summed E-state index contributed by atoms with van der Waals surface area (Å²) >= 11 is 0. The number of aromatic nitrogens is 2. The normalized spacial score (nSPS) is 28.1. The van der Waals surface area contributed by atoms with Crippen LogP contribution in [-0.4, -0.2) is 62.8 Å². The van der Waals surface area contributed by atoms with Crippen LogP contribution in [0.5, 0.6) is 0 Å². The molecule has 26 heavy (non-hydrogen) atoms. The minimum atomic E-state index is -2.81. The van der Waals surface area contributed by atoms with Crippen molar-refractivity contribution in [2.24, 2.45) is 0 Å². The van der Waals surface area contributed by atoms with Crippen molar-refractivity contribution in [2.75, 3.05) is 19.6 Å². The van der Waals surface area contributed by atoms with E-state index in [4.69, 9.17) is 8.83 Å². The van der Waals surface area contributed by atoms with E-state index in [1.54, 1.807) is 19.9 Å². The third-order valence-corrected chi connectivity index (χ3v) is 4.87. The van der Waals surface area contributed by atoms with Crippen LogP contribution in [-0.2, 0) is 11.3 Å². The molecule has 10 heteroatoms. The largest absolute Gasteiger partial charge is 0.459 e. The summed E-state index contributed by atoms with van der Waals surface area (Å²) in [5.74, 6) is -1.25. The number of rotatable bonds is 3. The Balaban J connectivity index is 1.55. The van der Waals surface area contributed by atoms with Gasteiger partial charge in [0.25, 0.3) is 11.8 Å². The lowest BCUT2D eigenvalue weighted by molar-refractivity contribution is -0.139. The first-order chi connectivity index (χ1) is 12.2. The predicted molar refractivity (Wildman–Crippen MR) is 81.5 cm³/mol. The zero-order valence-corrected chi connectivity index (χ0v) is 14.2. The van der Waals surface area contributed by atoms with Gasteiger partial charge in [-0.1, -0.05) is 0 Å². The molecule has 0 unspecified atom stereocenters. The van der Waals surface area contributed by atoms with Crippen molar-refractivity contribution in [1.29, 1.82) is 0 Å². The van der Waals surface area contributed by atoms with Gasteiger partial charge in [0.05, 0.1) is 32.4 Å². The van der Waals surface area contributed by atoms with Gasteiger partial charge in [0.2, 0.25) is 17.5 Å². The third-order valence-electron chi connectivity index (χ3n) is 4.87. The second kappa shape index (κ2) is 5.36. The van der Waals surface area contributed by atoms with Crippen LogP contribution in [0.4, 0.5) is 8.78 Å². The molecule has 0 saturated carbocycles. The highest BCUT2D eigenvalue weighted by Gasteiger charge is 2.72. The molecule has 0 bridgehead atoms. The fraction of sp³-hybridized carbons (Fsp3) is 0.500. The first kappa shape index (κ1) is 16.7. The maximum absolute atomic E-state index is 15.3. The van der Waals surface area contributed by atoms with E-state index in [1.807, 2.05) is 0 Å². The monoisotopic (exact) mass is 366 g/mol. The van der Waals surface area contributed by atoms with Crippen molar-refractivity contribution < 1.29 is 27.2 Å². The highest BCUT2D eigenvalue weighted by atomic mass is 19.2. The number of halogens is 2. The Hall–Kier alpha value is -2.78. The van der Waals surface area contributed by atoms with Crippen molar-refractivity contribution in [1.82, 2.24) is 20.0 Å². The van der Waals surface area contributed by atoms with Gasteiger partial charge in [-0.3, -0.25) is 9.59 Å². The molecular formula is C16H16F2N4O4. The zero-order chi connectivity index (χ0) is 18.7. The maximum Gasteiger partial charge on any atom is 0.290 e. The Morgan fingerprint density at radius 1 is 1.27 bits per heavy atom. The van der Waals surface area contributed by atoms with Gasteiger partial charge < -0.3 is 18.6 Å². The van der Waals surface area contributed by atoms with Crippen LogP contribution in [0.15, 0.2) is 21.2 Å². The van der Waals surface area contributed by atoms with Gasteiger partial charge in [-0.05, 0) is 13.0 Å². The molecule has 0 aromatic carbocycles. The summed E-state index contributed by atoms with van der Waals surface area (Å²) in [5.41, 5.74) is -4.75. The smallest absolute Gasteiger partial charge is 0.290 e. The summed E-state index contributed by atoms with van der Waals surface area (Å²) in [6, 6.07) is 1.58. The molecule has 4 heterocycles. The number of hydrogen-bond donors (Lipinski definition) is 0. The molecule has 4 rings (SSSR count). The minimum Gasteiger partial charge on any atom is -0.459 e. The number of alkyl halides is 2. The quantitative estimate of drug-likeness (QED) is 0.810. The van der Waals surface area contributed by atoms with E-state index in [9.17, 15) is 9.59 Å². The minimum absolute atomic E-state index is 0.0165. The van der Waals surface area contributed by atoms with Gasteiger partial charge in [0, 0.05) is 12.5 Å². The second-order valence-corrected chi connectivity index (χ2v) is 6.74. The number of fused-ring (bicyclic) bond motifs is 1. The summed E-state index contributed by atoms with van der Waals surface area (Å²) in [7, 11) is 0. The number of amides is 2. The number of likely N-dealkylation sites (tertiary alicyclic amines) is 2. The molecule has 0 N–H and O–H groups in total. The molecule has 0 spiro atoms. The standard InChI is InChI=1S/C16H16F2N4O4/c1-9-3-4-25-12(9)13(23)22-7-15(17)6-21(14(24)16(15,18)8-22)5-11-20-19-10(2)26-11/h3-4H,5-8H2,1-2H3/t15-,16-/m0/s1. The van der Waals surface area contributed by atoms with Gasteiger partial charge in [-0.25, -0.2) is 8.78 Å². The highest BCUT2D eigenvalue weighted by Crippen LogP contribution is 2.46. The molecule has 2 amide bonds. The zero-order valence-electron chi connectivity index (χ0n) is 14.2. The Labute approximate surface area is 146 Å². The van der Waals surface area contributed by atoms with Crippen LogP contribution < -0.4 is 0 Å². The van der Waals surface area contributed by atoms with Crippen LogP contribution in [0.2, 0.25) is 0 Å². The fourth-order valence-corrected chi connectivity index (χ4v) is 3.52. The topological polar surface area (TPSA) is 92.7 Å². The first-order valence-corrected chi connectivity index (χ1v) is 8.03. The third kappa shape index (κ3) is 2.24. The van der Waals surface area contributed by atoms with Gasteiger partial charge in [-0.2, -0.15) is 0 Å². The van der Waals surface area contributed by atoms with Crippen molar-refractivity contribution in [2.45, 2.75) is 31.7 Å². The molecule has 2 atom stereocenters. The Bertz CT molecular complexity index is 896. The van der Waals surface area contributed by atoms with Crippen LogP contribution in [0, 0.1) is 13.8 Å². The molecule has 0 aliphatic carbocycles. The summed E-state index contributed by atoms with van der Waals surface area (Å²) in [4.78, 5) is 27.0. The molecule has 8 nitrogen and oxygen atoms in total. The van der Waals surface area contributed by atoms with Crippen molar-refractivity contribution in [3.63, 3.8) is 0 Å². The number of aryl methyl sites for hydroxylation is 2. The molecule has 2 aromatic heterocycles. The van der Waals surface area contributed by atoms with Crippen molar-refractivity contribution in [3.05, 3.63) is 35.4 Å². The predicted octanol–water partition coefficient (Wildman–Crippen LogP) is 1.19. The Kier molecular flexibility index (Phi) is 3.44. The molecule has 2 fully saturated rings. The molecule has 2 aromatic rings. The summed E-state index contributed by atoms with van der Waals surface area (Å²) in [6.45, 7) is 1.36. The average Bonchev–Trinajstić information content (AvgIpc) is 3.28. The summed E-state index contributed by atoms with van der Waals surface area (Å²) < 4.78 is 40.9. The SMILES string of the molecule is Cc1nnc(CN2C[C@]3(F)CN(C(=O)c4occc4C)C[C@]3(F)C2=O)o1.